The Bertz CT molecular complexity index is 308. The van der Waals surface area contributed by atoms with Crippen LogP contribution in [-0.2, 0) is 0 Å². The van der Waals surface area contributed by atoms with Crippen LogP contribution in [0.1, 0.15) is 15.5 Å². The van der Waals surface area contributed by atoms with Gasteiger partial charge in [-0.1, -0.05) is 5.16 Å². The fraction of sp³-hybridized carbons (Fsp3) is 0. The summed E-state index contributed by atoms with van der Waals surface area (Å²) >= 11 is 1.18. The van der Waals surface area contributed by atoms with Gasteiger partial charge in [0.25, 0.3) is 5.91 Å². The highest BCUT2D eigenvalue weighted by Crippen LogP contribution is 2.06. The van der Waals surface area contributed by atoms with Crippen LogP contribution in [0.2, 0.25) is 0 Å². The molecule has 1 aromatic heterocycles. The number of amides is 1. The molecular formula is C5H6N4O2S. The Balaban J connectivity index is 2.84. The molecule has 0 atom stereocenters. The number of carbonyl (C=O) groups excluding carboxylic acids is 1. The van der Waals surface area contributed by atoms with Crippen molar-refractivity contribution in [3.8, 4) is 0 Å². The first-order valence-corrected chi connectivity index (χ1v) is 3.80. The van der Waals surface area contributed by atoms with E-state index in [1.54, 1.807) is 0 Å². The van der Waals surface area contributed by atoms with Crippen molar-refractivity contribution >= 4 is 23.5 Å². The van der Waals surface area contributed by atoms with Gasteiger partial charge in [0, 0.05) is 5.38 Å². The van der Waals surface area contributed by atoms with E-state index in [4.69, 9.17) is 11.0 Å². The Morgan fingerprint density at radius 1 is 1.92 bits per heavy atom. The quantitative estimate of drug-likeness (QED) is 0.191. The zero-order valence-corrected chi connectivity index (χ0v) is 6.71. The van der Waals surface area contributed by atoms with Crippen molar-refractivity contribution in [1.82, 2.24) is 10.4 Å². The van der Waals surface area contributed by atoms with Gasteiger partial charge in [-0.3, -0.25) is 10.2 Å². The van der Waals surface area contributed by atoms with Crippen LogP contribution < -0.4 is 11.3 Å². The molecule has 0 spiro atoms. The van der Waals surface area contributed by atoms with Crippen molar-refractivity contribution in [2.24, 2.45) is 11.0 Å². The van der Waals surface area contributed by atoms with Crippen LogP contribution in [0, 0.1) is 0 Å². The Hall–Kier alpha value is -1.47. The van der Waals surface area contributed by atoms with E-state index in [1.807, 2.05) is 5.43 Å². The van der Waals surface area contributed by atoms with E-state index in [0.717, 1.165) is 6.21 Å². The van der Waals surface area contributed by atoms with Crippen LogP contribution in [-0.4, -0.2) is 22.3 Å². The summed E-state index contributed by atoms with van der Waals surface area (Å²) in [4.78, 5) is 14.6. The van der Waals surface area contributed by atoms with Crippen LogP contribution in [0.5, 0.6) is 0 Å². The zero-order chi connectivity index (χ0) is 8.97. The lowest BCUT2D eigenvalue weighted by Gasteiger charge is -1.90. The summed E-state index contributed by atoms with van der Waals surface area (Å²) in [7, 11) is 0. The predicted octanol–water partition coefficient (Wildman–Crippen LogP) is -0.445. The molecule has 6 nitrogen and oxygen atoms in total. The first kappa shape index (κ1) is 8.62. The third kappa shape index (κ3) is 1.77. The predicted molar refractivity (Wildman–Crippen MR) is 43.1 cm³/mol. The van der Waals surface area contributed by atoms with Crippen molar-refractivity contribution in [3.05, 3.63) is 16.1 Å². The molecule has 0 radical (unpaired) electrons. The molecule has 0 bridgehead atoms. The molecule has 0 unspecified atom stereocenters. The molecule has 0 aliphatic rings. The monoisotopic (exact) mass is 186 g/mol. The summed E-state index contributed by atoms with van der Waals surface area (Å²) in [6.45, 7) is 0. The minimum atomic E-state index is -0.469. The van der Waals surface area contributed by atoms with E-state index in [2.05, 4.69) is 10.1 Å². The second-order valence-corrected chi connectivity index (χ2v) is 2.68. The summed E-state index contributed by atoms with van der Waals surface area (Å²) in [6, 6.07) is 0. The SMILES string of the molecule is NNC(=O)c1csc(/C=N\O)n1. The number of aromatic nitrogens is 1. The molecule has 1 amide bonds. The summed E-state index contributed by atoms with van der Waals surface area (Å²) in [5.74, 6) is 4.40. The van der Waals surface area contributed by atoms with E-state index in [-0.39, 0.29) is 5.69 Å². The molecule has 7 heteroatoms. The van der Waals surface area contributed by atoms with Crippen LogP contribution >= 0.6 is 11.3 Å². The molecule has 0 saturated heterocycles. The van der Waals surface area contributed by atoms with Gasteiger partial charge in [-0.25, -0.2) is 10.8 Å². The number of hydrogen-bond donors (Lipinski definition) is 3. The fourth-order valence-electron chi connectivity index (χ4n) is 0.575. The molecule has 0 aliphatic carbocycles. The highest BCUT2D eigenvalue weighted by molar-refractivity contribution is 7.11. The van der Waals surface area contributed by atoms with E-state index in [1.165, 1.54) is 16.7 Å². The summed E-state index contributed by atoms with van der Waals surface area (Å²) in [5.41, 5.74) is 2.14. The zero-order valence-electron chi connectivity index (χ0n) is 5.89. The number of rotatable bonds is 2. The Labute approximate surface area is 71.7 Å². The molecule has 0 aromatic carbocycles. The van der Waals surface area contributed by atoms with Gasteiger partial charge >= 0.3 is 0 Å². The molecule has 0 saturated carbocycles. The number of nitrogens with one attached hydrogen (secondary N) is 1. The number of nitrogen functional groups attached to an aromatic ring is 1. The lowest BCUT2D eigenvalue weighted by atomic mass is 10.5. The second-order valence-electron chi connectivity index (χ2n) is 1.79. The Morgan fingerprint density at radius 2 is 2.67 bits per heavy atom. The largest absolute Gasteiger partial charge is 0.411 e. The molecule has 1 aromatic rings. The molecule has 1 heterocycles. The smallest absolute Gasteiger partial charge is 0.284 e. The Morgan fingerprint density at radius 3 is 3.25 bits per heavy atom. The summed E-state index contributed by atoms with van der Waals surface area (Å²) in [5, 5.41) is 12.9. The molecular weight excluding hydrogens is 180 g/mol. The Kier molecular flexibility index (Phi) is 2.72. The lowest BCUT2D eigenvalue weighted by Crippen LogP contribution is -2.30. The number of thiazole rings is 1. The van der Waals surface area contributed by atoms with Crippen molar-refractivity contribution in [3.63, 3.8) is 0 Å². The van der Waals surface area contributed by atoms with Gasteiger partial charge in [0.2, 0.25) is 0 Å². The third-order valence-electron chi connectivity index (χ3n) is 1.05. The van der Waals surface area contributed by atoms with Gasteiger partial charge in [0.1, 0.15) is 16.9 Å². The van der Waals surface area contributed by atoms with Crippen molar-refractivity contribution in [2.45, 2.75) is 0 Å². The topological polar surface area (TPSA) is 101 Å². The maximum atomic E-state index is 10.8. The van der Waals surface area contributed by atoms with Crippen molar-refractivity contribution in [2.75, 3.05) is 0 Å². The maximum absolute atomic E-state index is 10.8. The average Bonchev–Trinajstić information content (AvgIpc) is 2.52. The maximum Gasteiger partial charge on any atom is 0.284 e. The first-order valence-electron chi connectivity index (χ1n) is 2.92. The summed E-state index contributed by atoms with van der Waals surface area (Å²) in [6.07, 6.45) is 1.14. The van der Waals surface area contributed by atoms with E-state index < -0.39 is 5.91 Å². The van der Waals surface area contributed by atoms with Crippen molar-refractivity contribution < 1.29 is 10.0 Å². The normalized spacial score (nSPS) is 10.4. The molecule has 1 rings (SSSR count). The van der Waals surface area contributed by atoms with E-state index in [9.17, 15) is 4.79 Å². The van der Waals surface area contributed by atoms with Gasteiger partial charge in [-0.05, 0) is 0 Å². The van der Waals surface area contributed by atoms with Gasteiger partial charge in [0.05, 0.1) is 0 Å². The number of carbonyl (C=O) groups is 1. The van der Waals surface area contributed by atoms with Gasteiger partial charge in [0.15, 0.2) is 0 Å². The highest BCUT2D eigenvalue weighted by atomic mass is 32.1. The van der Waals surface area contributed by atoms with E-state index >= 15 is 0 Å². The van der Waals surface area contributed by atoms with Crippen LogP contribution in [0.3, 0.4) is 0 Å². The third-order valence-corrected chi connectivity index (χ3v) is 1.83. The highest BCUT2D eigenvalue weighted by Gasteiger charge is 2.07. The van der Waals surface area contributed by atoms with Crippen LogP contribution in [0.25, 0.3) is 0 Å². The molecule has 64 valence electrons. The van der Waals surface area contributed by atoms with Crippen molar-refractivity contribution in [1.29, 1.82) is 0 Å². The average molecular weight is 186 g/mol. The van der Waals surface area contributed by atoms with Crippen LogP contribution in [0.4, 0.5) is 0 Å². The van der Waals surface area contributed by atoms with Gasteiger partial charge < -0.3 is 5.21 Å². The lowest BCUT2D eigenvalue weighted by molar-refractivity contribution is 0.0949. The van der Waals surface area contributed by atoms with Crippen LogP contribution in [0.15, 0.2) is 10.5 Å². The number of hydrazine groups is 1. The standard InChI is InChI=1S/C5H6N4O2S/c6-9-5(10)3-2-12-4(8-3)1-7-11/h1-2,11H,6H2,(H,9,10)/b7-1-. The van der Waals surface area contributed by atoms with Gasteiger partial charge in [-0.15, -0.1) is 11.3 Å². The molecule has 0 aliphatic heterocycles. The number of oxime groups is 1. The molecule has 12 heavy (non-hydrogen) atoms. The fourth-order valence-corrected chi connectivity index (χ4v) is 1.23. The minimum absolute atomic E-state index is 0.206. The molecule has 0 fully saturated rings. The molecule has 4 N–H and O–H groups in total. The number of nitrogens with zero attached hydrogens (tertiary/aromatic N) is 2. The minimum Gasteiger partial charge on any atom is -0.411 e. The number of nitrogens with two attached hydrogens (primary N) is 1. The second kappa shape index (κ2) is 3.79. The van der Waals surface area contributed by atoms with E-state index in [0.29, 0.717) is 5.01 Å². The number of hydrogen-bond acceptors (Lipinski definition) is 6. The first-order chi connectivity index (χ1) is 5.77. The summed E-state index contributed by atoms with van der Waals surface area (Å²) < 4.78 is 0. The van der Waals surface area contributed by atoms with Gasteiger partial charge in [-0.2, -0.15) is 0 Å².